The lowest BCUT2D eigenvalue weighted by Gasteiger charge is -2.21. The number of halogens is 3. The van der Waals surface area contributed by atoms with Gasteiger partial charge in [0.1, 0.15) is 0 Å². The van der Waals surface area contributed by atoms with Gasteiger partial charge in [0.05, 0.1) is 0 Å². The number of hydrogen-bond acceptors (Lipinski definition) is 2. The third-order valence-electron chi connectivity index (χ3n) is 1.21. The average molecular weight is 193 g/mol. The van der Waals surface area contributed by atoms with E-state index < -0.39 is 18.1 Å². The third-order valence-corrected chi connectivity index (χ3v) is 1.21. The van der Waals surface area contributed by atoms with Crippen LogP contribution in [0, 0.1) is 5.41 Å². The first-order valence-electron chi connectivity index (χ1n) is 3.13. The molecular weight excluding hydrogens is 187 g/mol. The molecule has 0 amide bonds. The van der Waals surface area contributed by atoms with Crippen LogP contribution in [0.15, 0.2) is 12.3 Å². The van der Waals surface area contributed by atoms with Crippen LogP contribution >= 0.6 is 0 Å². The van der Waals surface area contributed by atoms with Crippen molar-refractivity contribution >= 4 is 11.8 Å². The molecule has 0 spiro atoms. The Morgan fingerprint density at radius 2 is 2.23 bits per heavy atom. The van der Waals surface area contributed by atoms with Gasteiger partial charge in [0, 0.05) is 12.3 Å². The summed E-state index contributed by atoms with van der Waals surface area (Å²) in [6, 6.07) is 1.06. The normalized spacial score (nSPS) is 11.3. The number of anilines is 1. The maximum Gasteiger partial charge on any atom is 0.492 e. The summed E-state index contributed by atoms with van der Waals surface area (Å²) in [7, 11) is 0. The van der Waals surface area contributed by atoms with E-state index in [1.165, 1.54) is 6.20 Å². The average Bonchev–Trinajstić information content (AvgIpc) is 2.34. The number of nitrogens with zero attached hydrogens (tertiary/aromatic N) is 2. The van der Waals surface area contributed by atoms with E-state index in [1.807, 2.05) is 0 Å². The van der Waals surface area contributed by atoms with E-state index in [2.05, 4.69) is 10.2 Å². The number of guanidine groups is 1. The monoisotopic (exact) mass is 193 g/mol. The molecule has 72 valence electrons. The van der Waals surface area contributed by atoms with Crippen LogP contribution in [-0.4, -0.2) is 22.5 Å². The van der Waals surface area contributed by atoms with E-state index in [1.54, 1.807) is 0 Å². The van der Waals surface area contributed by atoms with Crippen LogP contribution in [0.4, 0.5) is 19.0 Å². The number of nitrogens with one attached hydrogen (secondary N) is 2. The van der Waals surface area contributed by atoms with Gasteiger partial charge >= 0.3 is 6.30 Å². The van der Waals surface area contributed by atoms with Crippen molar-refractivity contribution in [1.29, 1.82) is 5.41 Å². The molecule has 4 N–H and O–H groups in total. The molecule has 0 atom stereocenters. The maximum atomic E-state index is 12.2. The molecule has 0 unspecified atom stereocenters. The topological polar surface area (TPSA) is 81.8 Å². The fourth-order valence-electron chi connectivity index (χ4n) is 0.767. The molecule has 0 radical (unpaired) electrons. The highest BCUT2D eigenvalue weighted by Crippen LogP contribution is 2.25. The van der Waals surface area contributed by atoms with E-state index in [0.717, 1.165) is 6.07 Å². The molecule has 0 saturated heterocycles. The summed E-state index contributed by atoms with van der Waals surface area (Å²) in [6.07, 6.45) is -3.53. The first-order valence-corrected chi connectivity index (χ1v) is 3.13. The zero-order chi connectivity index (χ0) is 10.1. The summed E-state index contributed by atoms with van der Waals surface area (Å²) >= 11 is 0. The van der Waals surface area contributed by atoms with Crippen molar-refractivity contribution in [3.63, 3.8) is 0 Å². The zero-order valence-electron chi connectivity index (χ0n) is 6.26. The van der Waals surface area contributed by atoms with Crippen molar-refractivity contribution < 1.29 is 13.2 Å². The van der Waals surface area contributed by atoms with Crippen molar-refractivity contribution in [2.45, 2.75) is 6.30 Å². The number of aromatic amines is 1. The highest BCUT2D eigenvalue weighted by atomic mass is 19.4. The van der Waals surface area contributed by atoms with Gasteiger partial charge in [0.2, 0.25) is 5.96 Å². The summed E-state index contributed by atoms with van der Waals surface area (Å²) in [6.45, 7) is 0. The Bertz CT molecular complexity index is 290. The molecule has 0 saturated carbocycles. The third kappa shape index (κ3) is 1.89. The fourth-order valence-corrected chi connectivity index (χ4v) is 0.767. The van der Waals surface area contributed by atoms with Crippen molar-refractivity contribution in [2.24, 2.45) is 5.73 Å². The molecule has 8 heteroatoms. The number of H-pyrrole nitrogens is 1. The molecule has 0 bridgehead atoms. The van der Waals surface area contributed by atoms with Crippen LogP contribution < -0.4 is 10.6 Å². The molecule has 0 aliphatic carbocycles. The number of alkyl halides is 3. The summed E-state index contributed by atoms with van der Waals surface area (Å²) in [5, 5.41) is 12.2. The molecule has 13 heavy (non-hydrogen) atoms. The molecule has 0 fully saturated rings. The minimum Gasteiger partial charge on any atom is -0.369 e. The summed E-state index contributed by atoms with van der Waals surface area (Å²) < 4.78 is 36.6. The SMILES string of the molecule is N=C(N)N(c1cc[nH]n1)C(F)(F)F. The Kier molecular flexibility index (Phi) is 2.13. The molecular formula is C5H6F3N5. The lowest BCUT2D eigenvalue weighted by Crippen LogP contribution is -2.47. The van der Waals surface area contributed by atoms with Crippen LogP contribution in [0.5, 0.6) is 0 Å². The standard InChI is InChI=1S/C5H6F3N5/c6-5(7,8)13(4(9)10)3-1-2-11-12-3/h1-2H,(H3,9,10)(H,11,12). The molecule has 0 aliphatic rings. The molecule has 1 aromatic heterocycles. The second-order valence-electron chi connectivity index (χ2n) is 2.12. The summed E-state index contributed by atoms with van der Waals surface area (Å²) in [5.41, 5.74) is 4.75. The summed E-state index contributed by atoms with van der Waals surface area (Å²) in [5.74, 6) is -1.58. The van der Waals surface area contributed by atoms with Crippen molar-refractivity contribution in [3.05, 3.63) is 12.3 Å². The van der Waals surface area contributed by atoms with Gasteiger partial charge in [0.15, 0.2) is 5.82 Å². The molecule has 1 aromatic rings. The minimum absolute atomic E-state index is 0.344. The van der Waals surface area contributed by atoms with Crippen LogP contribution in [-0.2, 0) is 0 Å². The molecule has 5 nitrogen and oxygen atoms in total. The fraction of sp³-hybridized carbons (Fsp3) is 0.200. The highest BCUT2D eigenvalue weighted by Gasteiger charge is 2.40. The van der Waals surface area contributed by atoms with Gasteiger partial charge < -0.3 is 5.73 Å². The van der Waals surface area contributed by atoms with Gasteiger partial charge in [-0.2, -0.15) is 5.10 Å². The molecule has 1 rings (SSSR count). The molecule has 0 aromatic carbocycles. The van der Waals surface area contributed by atoms with Gasteiger partial charge in [-0.1, -0.05) is 0 Å². The molecule has 0 aliphatic heterocycles. The van der Waals surface area contributed by atoms with E-state index in [9.17, 15) is 13.2 Å². The van der Waals surface area contributed by atoms with Crippen molar-refractivity contribution in [1.82, 2.24) is 10.2 Å². The van der Waals surface area contributed by atoms with E-state index in [4.69, 9.17) is 11.1 Å². The second-order valence-corrected chi connectivity index (χ2v) is 2.12. The first-order chi connectivity index (χ1) is 5.93. The Hall–Kier alpha value is -1.73. The predicted molar refractivity (Wildman–Crippen MR) is 39.0 cm³/mol. The number of aromatic nitrogens is 2. The first kappa shape index (κ1) is 9.36. The Balaban J connectivity index is 3.01. The quantitative estimate of drug-likeness (QED) is 0.347. The molecule has 1 heterocycles. The van der Waals surface area contributed by atoms with E-state index in [0.29, 0.717) is 0 Å². The number of hydrogen-bond donors (Lipinski definition) is 3. The Labute approximate surface area is 70.8 Å². The lowest BCUT2D eigenvalue weighted by molar-refractivity contribution is -0.119. The van der Waals surface area contributed by atoms with Crippen molar-refractivity contribution in [2.75, 3.05) is 4.90 Å². The number of nitrogens with two attached hydrogens (primary N) is 1. The Morgan fingerprint density at radius 1 is 1.62 bits per heavy atom. The largest absolute Gasteiger partial charge is 0.492 e. The second kappa shape index (κ2) is 2.96. The van der Waals surface area contributed by atoms with Crippen LogP contribution in [0.2, 0.25) is 0 Å². The van der Waals surface area contributed by atoms with Gasteiger partial charge in [-0.05, 0) is 0 Å². The van der Waals surface area contributed by atoms with Crippen LogP contribution in [0.25, 0.3) is 0 Å². The smallest absolute Gasteiger partial charge is 0.369 e. The summed E-state index contributed by atoms with van der Waals surface area (Å²) in [4.78, 5) is -0.344. The van der Waals surface area contributed by atoms with E-state index >= 15 is 0 Å². The van der Waals surface area contributed by atoms with Gasteiger partial charge in [-0.3, -0.25) is 10.5 Å². The van der Waals surface area contributed by atoms with Gasteiger partial charge in [0.25, 0.3) is 0 Å². The highest BCUT2D eigenvalue weighted by molar-refractivity contribution is 5.91. The van der Waals surface area contributed by atoms with Crippen LogP contribution in [0.3, 0.4) is 0 Å². The predicted octanol–water partition coefficient (Wildman–Crippen LogP) is 0.629. The maximum absolute atomic E-state index is 12.2. The Morgan fingerprint density at radius 3 is 2.54 bits per heavy atom. The zero-order valence-corrected chi connectivity index (χ0v) is 6.26. The van der Waals surface area contributed by atoms with Crippen molar-refractivity contribution in [3.8, 4) is 0 Å². The lowest BCUT2D eigenvalue weighted by atomic mass is 10.5. The van der Waals surface area contributed by atoms with Crippen LogP contribution in [0.1, 0.15) is 0 Å². The minimum atomic E-state index is -4.74. The van der Waals surface area contributed by atoms with Gasteiger partial charge in [-0.15, -0.1) is 13.2 Å². The van der Waals surface area contributed by atoms with Gasteiger partial charge in [-0.25, -0.2) is 4.90 Å². The van der Waals surface area contributed by atoms with E-state index in [-0.39, 0.29) is 4.90 Å². The number of rotatable bonds is 1.